The van der Waals surface area contributed by atoms with Gasteiger partial charge in [-0.1, -0.05) is 72.4 Å². The van der Waals surface area contributed by atoms with Crippen molar-refractivity contribution < 1.29 is 57.5 Å². The van der Waals surface area contributed by atoms with Gasteiger partial charge in [-0.15, -0.1) is 0 Å². The van der Waals surface area contributed by atoms with E-state index in [0.29, 0.717) is 11.4 Å². The van der Waals surface area contributed by atoms with Gasteiger partial charge >= 0.3 is 5.97 Å². The Balaban J connectivity index is 1.32. The molecule has 0 saturated heterocycles. The second-order valence-corrected chi connectivity index (χ2v) is 19.9. The number of H-pyrrole nitrogens is 2. The average Bonchev–Trinajstić information content (AvgIpc) is 4.16. The van der Waals surface area contributed by atoms with Gasteiger partial charge in [0.05, 0.1) is 31.7 Å². The summed E-state index contributed by atoms with van der Waals surface area (Å²) in [6, 6.07) is 6.05. The summed E-state index contributed by atoms with van der Waals surface area (Å²) in [5.74, 6) is -7.16. The van der Waals surface area contributed by atoms with Crippen LogP contribution in [0, 0.1) is 0 Å². The number of hydrogen-bond acceptors (Lipinski definition) is 16. The number of aromatic nitrogens is 4. The van der Waals surface area contributed by atoms with E-state index in [9.17, 15) is 52.7 Å². The number of aromatic amines is 2. The van der Waals surface area contributed by atoms with Crippen molar-refractivity contribution in [3.63, 3.8) is 0 Å². The Labute approximate surface area is 467 Å². The van der Waals surface area contributed by atoms with Crippen molar-refractivity contribution in [1.82, 2.24) is 67.8 Å². The van der Waals surface area contributed by atoms with Crippen LogP contribution in [0.15, 0.2) is 85.7 Å². The van der Waals surface area contributed by atoms with E-state index in [-0.39, 0.29) is 44.5 Å². The minimum Gasteiger partial charge on any atom is -0.466 e. The fraction of sp³-hybridized carbons (Fsp3) is 0.453. The quantitative estimate of drug-likeness (QED) is 0.0253. The number of nitrogens with one attached hydrogen (secondary N) is 11. The lowest BCUT2D eigenvalue weighted by Gasteiger charge is -2.25. The van der Waals surface area contributed by atoms with Crippen molar-refractivity contribution in [3.05, 3.63) is 108 Å². The number of benzene rings is 2. The molecule has 0 aliphatic rings. The van der Waals surface area contributed by atoms with Gasteiger partial charge in [0, 0.05) is 48.8 Å². The molecule has 0 bridgehead atoms. The molecule has 432 valence electrons. The molecule has 0 unspecified atom stereocenters. The SMILES string of the molecule is CCOC(=O)CCSC(=O)[C@H](Cc1ccccc1)NC(=O)[C@@H](C)NC(=O)[C@H](C)NC(=O)[C@@H](C)NC(=O)[C@H](Cc1cnc[nH]1)NC(=O)[C@@H](C)NC(=O)[C@H](Cc1cnc[nH]1)NC(=O)[C@@H](C)NC(=O)[C@H](C)NC(=O)[C@H](N)Cc1ccccc1. The highest BCUT2D eigenvalue weighted by Crippen LogP contribution is 2.14. The van der Waals surface area contributed by atoms with Crippen LogP contribution in [0.4, 0.5) is 0 Å². The number of nitrogens with zero attached hydrogens (tertiary/aromatic N) is 2. The molecule has 4 rings (SSSR count). The average molecular weight is 1130 g/mol. The Morgan fingerprint density at radius 3 is 1.20 bits per heavy atom. The molecule has 13 N–H and O–H groups in total. The number of carbonyl (C=O) groups excluding carboxylic acids is 11. The molecule has 0 aliphatic carbocycles. The van der Waals surface area contributed by atoms with E-state index in [4.69, 9.17) is 10.5 Å². The summed E-state index contributed by atoms with van der Waals surface area (Å²) in [5.41, 5.74) is 8.49. The largest absolute Gasteiger partial charge is 0.466 e. The number of imidazole rings is 2. The summed E-state index contributed by atoms with van der Waals surface area (Å²) in [6.07, 6.45) is 5.62. The first-order valence-electron chi connectivity index (χ1n) is 25.9. The number of hydrogen-bond donors (Lipinski definition) is 12. The predicted molar refractivity (Wildman–Crippen MR) is 293 cm³/mol. The fourth-order valence-corrected chi connectivity index (χ4v) is 8.28. The van der Waals surface area contributed by atoms with Crippen LogP contribution in [-0.2, 0) is 83.2 Å². The molecule has 27 heteroatoms. The molecule has 2 aromatic carbocycles. The minimum absolute atomic E-state index is 0.00995. The molecular weight excluding hydrogens is 1060 g/mol. The lowest BCUT2D eigenvalue weighted by molar-refractivity contribution is -0.142. The summed E-state index contributed by atoms with van der Waals surface area (Å²) >= 11 is 0.867. The van der Waals surface area contributed by atoms with Crippen molar-refractivity contribution in [2.45, 2.75) is 141 Å². The van der Waals surface area contributed by atoms with Crippen LogP contribution >= 0.6 is 11.8 Å². The molecule has 0 spiro atoms. The highest BCUT2D eigenvalue weighted by atomic mass is 32.2. The molecule has 26 nitrogen and oxygen atoms in total. The third kappa shape index (κ3) is 21.8. The fourth-order valence-electron chi connectivity index (χ4n) is 7.47. The molecule has 2 aromatic heterocycles. The van der Waals surface area contributed by atoms with Crippen LogP contribution in [-0.4, -0.2) is 157 Å². The zero-order chi connectivity index (χ0) is 58.9. The maximum Gasteiger partial charge on any atom is 0.306 e. The van der Waals surface area contributed by atoms with Crippen LogP contribution in [0.1, 0.15) is 77.4 Å². The monoisotopic (exact) mass is 1130 g/mol. The third-order valence-corrected chi connectivity index (χ3v) is 13.1. The zero-order valence-electron chi connectivity index (χ0n) is 45.6. The van der Waals surface area contributed by atoms with Gasteiger partial charge < -0.3 is 68.3 Å². The lowest BCUT2D eigenvalue weighted by Crippen LogP contribution is -2.59. The Morgan fingerprint density at radius 2 is 0.825 bits per heavy atom. The molecule has 0 fully saturated rings. The van der Waals surface area contributed by atoms with Gasteiger partial charge in [-0.25, -0.2) is 9.97 Å². The van der Waals surface area contributed by atoms with Gasteiger partial charge in [0.25, 0.3) is 0 Å². The summed E-state index contributed by atoms with van der Waals surface area (Å²) in [4.78, 5) is 159. The van der Waals surface area contributed by atoms with Crippen molar-refractivity contribution in [2.24, 2.45) is 5.73 Å². The molecule has 80 heavy (non-hydrogen) atoms. The van der Waals surface area contributed by atoms with E-state index in [0.717, 1.165) is 22.9 Å². The molecule has 9 amide bonds. The highest BCUT2D eigenvalue weighted by Gasteiger charge is 2.33. The van der Waals surface area contributed by atoms with E-state index in [2.05, 4.69) is 67.8 Å². The smallest absolute Gasteiger partial charge is 0.306 e. The molecule has 0 aliphatic heterocycles. The summed E-state index contributed by atoms with van der Waals surface area (Å²) in [7, 11) is 0. The number of thioether (sulfide) groups is 1. The number of amides is 9. The number of ether oxygens (including phenoxy) is 1. The van der Waals surface area contributed by atoms with E-state index >= 15 is 0 Å². The number of rotatable bonds is 31. The molecule has 10 atom stereocenters. The number of esters is 1. The van der Waals surface area contributed by atoms with Crippen molar-refractivity contribution in [2.75, 3.05) is 12.4 Å². The molecule has 2 heterocycles. The van der Waals surface area contributed by atoms with E-state index < -0.39 is 125 Å². The Hall–Kier alpha value is -8.46. The van der Waals surface area contributed by atoms with Crippen molar-refractivity contribution in [3.8, 4) is 0 Å². The summed E-state index contributed by atoms with van der Waals surface area (Å²) in [5, 5.41) is 22.5. The van der Waals surface area contributed by atoms with E-state index in [1.165, 1.54) is 66.6 Å². The zero-order valence-corrected chi connectivity index (χ0v) is 46.4. The highest BCUT2D eigenvalue weighted by molar-refractivity contribution is 8.13. The van der Waals surface area contributed by atoms with Crippen molar-refractivity contribution >= 4 is 76.0 Å². The Bertz CT molecular complexity index is 2720. The van der Waals surface area contributed by atoms with Gasteiger partial charge in [0.1, 0.15) is 54.4 Å². The van der Waals surface area contributed by atoms with Crippen LogP contribution in [0.3, 0.4) is 0 Å². The van der Waals surface area contributed by atoms with Crippen LogP contribution < -0.4 is 53.6 Å². The molecule has 0 radical (unpaired) electrons. The molecule has 4 aromatic rings. The first-order chi connectivity index (χ1) is 38.0. The molecule has 0 saturated carbocycles. The third-order valence-electron chi connectivity index (χ3n) is 12.1. The standard InChI is InChI=1S/C53H72N14O12S/c1-8-79-43(68)19-20-80-53(78)42(22-36-17-13-10-14-18-36)67-49(74)33(6)61-44(69)29(2)59-46(71)31(4)63-51(76)40(23-37-25-55-27-57-37)66-48(73)34(7)64-52(77)41(24-38-26-56-28-58-38)65-47(72)32(5)60-45(70)30(3)62-50(75)39(54)21-35-15-11-9-12-16-35/h9-18,25-34,39-42H,8,19-24,54H2,1-7H3,(H,55,57)(H,56,58)(H,59,71)(H,60,70)(H,61,69)(H,62,75)(H,63,76)(H,64,77)(H,65,72)(H,66,73)(H,67,74)/t29-,30-,31+,32+,33+,34+,39+,40-,41-,42-/m0/s1. The van der Waals surface area contributed by atoms with Crippen LogP contribution in [0.25, 0.3) is 0 Å². The topological polar surface area (TPSA) is 389 Å². The number of carbonyl (C=O) groups is 11. The van der Waals surface area contributed by atoms with Crippen molar-refractivity contribution in [1.29, 1.82) is 0 Å². The van der Waals surface area contributed by atoms with E-state index in [1.807, 2.05) is 30.3 Å². The maximum atomic E-state index is 13.8. The van der Waals surface area contributed by atoms with Gasteiger partial charge in [-0.05, 0) is 66.0 Å². The predicted octanol–water partition coefficient (Wildman–Crippen LogP) is -1.57. The normalized spacial score (nSPS) is 14.7. The van der Waals surface area contributed by atoms with Gasteiger partial charge in [-0.3, -0.25) is 52.7 Å². The van der Waals surface area contributed by atoms with Gasteiger partial charge in [0.15, 0.2) is 0 Å². The lowest BCUT2D eigenvalue weighted by atomic mass is 10.1. The first-order valence-corrected chi connectivity index (χ1v) is 26.9. The van der Waals surface area contributed by atoms with Gasteiger partial charge in [0.2, 0.25) is 58.3 Å². The Morgan fingerprint density at radius 1 is 0.475 bits per heavy atom. The second-order valence-electron chi connectivity index (χ2n) is 18.8. The Kier molecular flexibility index (Phi) is 26.0. The maximum absolute atomic E-state index is 13.8. The summed E-state index contributed by atoms with van der Waals surface area (Å²) in [6.45, 7) is 10.1. The summed E-state index contributed by atoms with van der Waals surface area (Å²) < 4.78 is 4.93. The van der Waals surface area contributed by atoms with Crippen LogP contribution in [0.5, 0.6) is 0 Å². The van der Waals surface area contributed by atoms with Gasteiger partial charge in [-0.2, -0.15) is 0 Å². The molecular formula is C53H72N14O12S. The second kappa shape index (κ2) is 32.4. The van der Waals surface area contributed by atoms with E-state index in [1.54, 1.807) is 37.3 Å². The minimum atomic E-state index is -1.36. The first kappa shape index (κ1) is 64.1. The van der Waals surface area contributed by atoms with Crippen LogP contribution in [0.2, 0.25) is 0 Å². The number of nitrogens with two attached hydrogens (primary N) is 1.